The molecule has 0 aromatic heterocycles. The van der Waals surface area contributed by atoms with Gasteiger partial charge in [0, 0.05) is 31.2 Å². The van der Waals surface area contributed by atoms with E-state index in [-0.39, 0.29) is 23.8 Å². The number of carbonyl (C=O) groups excluding carboxylic acids is 2. The molecule has 1 heterocycles. The normalized spacial score (nSPS) is 31.7. The molecule has 4 rings (SSSR count). The minimum absolute atomic E-state index is 0.00903. The van der Waals surface area contributed by atoms with E-state index in [2.05, 4.69) is 5.32 Å². The van der Waals surface area contributed by atoms with Crippen molar-refractivity contribution in [1.82, 2.24) is 5.32 Å². The molecule has 0 spiro atoms. The lowest BCUT2D eigenvalue weighted by Gasteiger charge is -2.27. The van der Waals surface area contributed by atoms with Crippen molar-refractivity contribution < 1.29 is 9.59 Å². The molecule has 1 aliphatic heterocycles. The van der Waals surface area contributed by atoms with Crippen molar-refractivity contribution in [3.63, 3.8) is 0 Å². The van der Waals surface area contributed by atoms with Crippen LogP contribution in [0, 0.1) is 17.8 Å². The van der Waals surface area contributed by atoms with Crippen molar-refractivity contribution in [3.8, 4) is 0 Å². The number of amides is 2. The summed E-state index contributed by atoms with van der Waals surface area (Å²) >= 11 is 0. The van der Waals surface area contributed by atoms with E-state index in [0.29, 0.717) is 24.8 Å². The number of benzene rings is 1. The summed E-state index contributed by atoms with van der Waals surface area (Å²) < 4.78 is 0. The second kappa shape index (κ2) is 6.20. The summed E-state index contributed by atoms with van der Waals surface area (Å²) in [5, 5.41) is 3.05. The number of rotatable bonds is 4. The lowest BCUT2D eigenvalue weighted by atomic mass is 9.84. The summed E-state index contributed by atoms with van der Waals surface area (Å²) in [6.45, 7) is 1.32. The third kappa shape index (κ3) is 2.71. The van der Waals surface area contributed by atoms with Crippen molar-refractivity contribution in [1.29, 1.82) is 0 Å². The largest absolute Gasteiger partial charge is 0.352 e. The molecule has 0 radical (unpaired) electrons. The van der Waals surface area contributed by atoms with Gasteiger partial charge in [-0.25, -0.2) is 0 Å². The number of nitrogens with one attached hydrogen (secondary N) is 1. The first-order chi connectivity index (χ1) is 11.6. The van der Waals surface area contributed by atoms with Crippen LogP contribution in [-0.2, 0) is 16.1 Å². The van der Waals surface area contributed by atoms with Gasteiger partial charge in [-0.15, -0.1) is 0 Å². The lowest BCUT2D eigenvalue weighted by molar-refractivity contribution is -0.127. The molecule has 4 unspecified atom stereocenters. The molecule has 3 aliphatic rings. The van der Waals surface area contributed by atoms with E-state index in [0.717, 1.165) is 37.1 Å². The summed E-state index contributed by atoms with van der Waals surface area (Å²) in [6.07, 6.45) is 5.03. The fraction of sp³-hybridized carbons (Fsp3) is 0.579. The van der Waals surface area contributed by atoms with Crippen LogP contribution in [-0.4, -0.2) is 24.4 Å². The molecule has 2 aliphatic carbocycles. The standard InChI is InChI=1S/C19H25N3O2/c20-18-14-6-5-13(10-14)17(18)19(24)21-11-12-3-7-15(8-4-12)22-9-1-2-16(22)23/h3-4,7-8,13-14,17-18H,1-2,5-6,9-11,20H2,(H,21,24). The Morgan fingerprint density at radius 2 is 1.96 bits per heavy atom. The van der Waals surface area contributed by atoms with E-state index >= 15 is 0 Å². The van der Waals surface area contributed by atoms with Crippen LogP contribution in [0.15, 0.2) is 24.3 Å². The molecule has 2 saturated carbocycles. The Labute approximate surface area is 142 Å². The Bertz CT molecular complexity index is 641. The summed E-state index contributed by atoms with van der Waals surface area (Å²) in [6, 6.07) is 7.94. The molecule has 24 heavy (non-hydrogen) atoms. The fourth-order valence-electron chi connectivity index (χ4n) is 4.75. The third-order valence-electron chi connectivity index (χ3n) is 6.07. The van der Waals surface area contributed by atoms with Crippen LogP contribution in [0.5, 0.6) is 0 Å². The zero-order valence-corrected chi connectivity index (χ0v) is 13.9. The maximum Gasteiger partial charge on any atom is 0.227 e. The summed E-state index contributed by atoms with van der Waals surface area (Å²) in [4.78, 5) is 26.1. The number of anilines is 1. The van der Waals surface area contributed by atoms with Crippen LogP contribution < -0.4 is 16.0 Å². The van der Waals surface area contributed by atoms with Crippen LogP contribution in [0.25, 0.3) is 0 Å². The van der Waals surface area contributed by atoms with Crippen LogP contribution in [0.4, 0.5) is 5.69 Å². The smallest absolute Gasteiger partial charge is 0.227 e. The van der Waals surface area contributed by atoms with Gasteiger partial charge in [-0.1, -0.05) is 12.1 Å². The number of hydrogen-bond donors (Lipinski definition) is 2. The Morgan fingerprint density at radius 1 is 1.21 bits per heavy atom. The first-order valence-electron chi connectivity index (χ1n) is 9.06. The van der Waals surface area contributed by atoms with Crippen molar-refractivity contribution in [2.45, 2.75) is 44.7 Å². The Hall–Kier alpha value is -1.88. The van der Waals surface area contributed by atoms with Crippen molar-refractivity contribution in [2.75, 3.05) is 11.4 Å². The van der Waals surface area contributed by atoms with E-state index < -0.39 is 0 Å². The average Bonchev–Trinajstić information content (AvgIpc) is 3.29. The summed E-state index contributed by atoms with van der Waals surface area (Å²) in [5.41, 5.74) is 8.24. The number of nitrogens with two attached hydrogens (primary N) is 1. The molecule has 3 N–H and O–H groups in total. The maximum absolute atomic E-state index is 12.5. The third-order valence-corrected chi connectivity index (χ3v) is 6.07. The van der Waals surface area contributed by atoms with Gasteiger partial charge in [-0.3, -0.25) is 9.59 Å². The predicted molar refractivity (Wildman–Crippen MR) is 92.2 cm³/mol. The molecule has 5 heteroatoms. The first-order valence-corrected chi connectivity index (χ1v) is 9.06. The molecule has 2 amide bonds. The number of fused-ring (bicyclic) bond motifs is 2. The van der Waals surface area contributed by atoms with E-state index in [9.17, 15) is 9.59 Å². The summed E-state index contributed by atoms with van der Waals surface area (Å²) in [5.74, 6) is 1.32. The SMILES string of the molecule is NC1C2CCC(C2)C1C(=O)NCc1ccc(N2CCCC2=O)cc1. The molecule has 4 atom stereocenters. The highest BCUT2D eigenvalue weighted by atomic mass is 16.2. The highest BCUT2D eigenvalue weighted by Crippen LogP contribution is 2.47. The van der Waals surface area contributed by atoms with Crippen molar-refractivity contribution in [3.05, 3.63) is 29.8 Å². The highest BCUT2D eigenvalue weighted by molar-refractivity contribution is 5.95. The second-order valence-corrected chi connectivity index (χ2v) is 7.47. The van der Waals surface area contributed by atoms with E-state index in [1.54, 1.807) is 0 Å². The quantitative estimate of drug-likeness (QED) is 0.885. The zero-order chi connectivity index (χ0) is 16.7. The van der Waals surface area contributed by atoms with E-state index in [1.807, 2.05) is 29.2 Å². The van der Waals surface area contributed by atoms with Crippen LogP contribution in [0.3, 0.4) is 0 Å². The lowest BCUT2D eigenvalue weighted by Crippen LogP contribution is -2.45. The molecule has 128 valence electrons. The number of hydrogen-bond acceptors (Lipinski definition) is 3. The van der Waals surface area contributed by atoms with Gasteiger partial charge >= 0.3 is 0 Å². The molecule has 3 fully saturated rings. The van der Waals surface area contributed by atoms with Gasteiger partial charge in [0.15, 0.2) is 0 Å². The molecule has 1 aromatic carbocycles. The van der Waals surface area contributed by atoms with Gasteiger partial charge in [0.1, 0.15) is 0 Å². The van der Waals surface area contributed by atoms with Crippen LogP contribution >= 0.6 is 0 Å². The first kappa shape index (κ1) is 15.6. The highest BCUT2D eigenvalue weighted by Gasteiger charge is 2.48. The van der Waals surface area contributed by atoms with E-state index in [4.69, 9.17) is 5.73 Å². The van der Waals surface area contributed by atoms with Gasteiger partial charge in [0.05, 0.1) is 5.92 Å². The monoisotopic (exact) mass is 327 g/mol. The van der Waals surface area contributed by atoms with Gasteiger partial charge in [0.25, 0.3) is 0 Å². The Kier molecular flexibility index (Phi) is 4.04. The maximum atomic E-state index is 12.5. The minimum Gasteiger partial charge on any atom is -0.352 e. The summed E-state index contributed by atoms with van der Waals surface area (Å²) in [7, 11) is 0. The van der Waals surface area contributed by atoms with Crippen LogP contribution in [0.2, 0.25) is 0 Å². The molecular weight excluding hydrogens is 302 g/mol. The Morgan fingerprint density at radius 3 is 2.58 bits per heavy atom. The topological polar surface area (TPSA) is 75.4 Å². The van der Waals surface area contributed by atoms with Gasteiger partial charge in [-0.05, 0) is 55.2 Å². The molecule has 1 aromatic rings. The zero-order valence-electron chi connectivity index (χ0n) is 13.9. The number of carbonyl (C=O) groups is 2. The fourth-order valence-corrected chi connectivity index (χ4v) is 4.75. The average molecular weight is 327 g/mol. The molecule has 1 saturated heterocycles. The van der Waals surface area contributed by atoms with Gasteiger partial charge in [0.2, 0.25) is 11.8 Å². The second-order valence-electron chi connectivity index (χ2n) is 7.47. The van der Waals surface area contributed by atoms with Gasteiger partial charge in [-0.2, -0.15) is 0 Å². The minimum atomic E-state index is -0.00903. The van der Waals surface area contributed by atoms with Crippen LogP contribution in [0.1, 0.15) is 37.7 Å². The molecular formula is C19H25N3O2. The molecule has 5 nitrogen and oxygen atoms in total. The van der Waals surface area contributed by atoms with Gasteiger partial charge < -0.3 is 16.0 Å². The van der Waals surface area contributed by atoms with E-state index in [1.165, 1.54) is 6.42 Å². The van der Waals surface area contributed by atoms with Crippen molar-refractivity contribution in [2.24, 2.45) is 23.5 Å². The molecule has 2 bridgehead atoms. The predicted octanol–water partition coefficient (Wildman–Crippen LogP) is 1.80. The number of nitrogens with zero attached hydrogens (tertiary/aromatic N) is 1. The Balaban J connectivity index is 1.34. The van der Waals surface area contributed by atoms with Crippen molar-refractivity contribution >= 4 is 17.5 Å².